The van der Waals surface area contributed by atoms with Crippen LogP contribution in [0.15, 0.2) is 11.1 Å². The summed E-state index contributed by atoms with van der Waals surface area (Å²) in [7, 11) is 0. The standard InChI is InChI=1S/C19H30/c1-18-11-5-7-16(18)15-9-8-14-6-3-4-12-19(14,2)17(15)10-13-18/h14,17H,3-13H2,1-2H3/t14?,17-,18+,19+/m1/s1. The van der Waals surface area contributed by atoms with Crippen LogP contribution in [0, 0.1) is 22.7 Å². The van der Waals surface area contributed by atoms with Gasteiger partial charge in [-0.05, 0) is 80.5 Å². The summed E-state index contributed by atoms with van der Waals surface area (Å²) in [6.07, 6.45) is 16.5. The van der Waals surface area contributed by atoms with Gasteiger partial charge in [-0.3, -0.25) is 0 Å². The van der Waals surface area contributed by atoms with E-state index in [1.165, 1.54) is 70.6 Å². The number of hydrogen-bond donors (Lipinski definition) is 0. The summed E-state index contributed by atoms with van der Waals surface area (Å²) in [6, 6.07) is 0. The molecule has 0 aromatic carbocycles. The van der Waals surface area contributed by atoms with Crippen molar-refractivity contribution in [1.82, 2.24) is 0 Å². The third-order valence-corrected chi connectivity index (χ3v) is 7.69. The highest BCUT2D eigenvalue weighted by molar-refractivity contribution is 5.33. The maximum atomic E-state index is 2.67. The Kier molecular flexibility index (Phi) is 2.71. The molecule has 4 aliphatic carbocycles. The maximum absolute atomic E-state index is 2.67. The SMILES string of the molecule is C[C@@]12CCCC1=C1CCC3CCCC[C@]3(C)[C@@H]1CC2. The lowest BCUT2D eigenvalue weighted by Crippen LogP contribution is -2.45. The fourth-order valence-corrected chi connectivity index (χ4v) is 6.53. The smallest absolute Gasteiger partial charge is 0.0113 e. The van der Waals surface area contributed by atoms with Crippen LogP contribution in [0.5, 0.6) is 0 Å². The maximum Gasteiger partial charge on any atom is -0.0113 e. The number of allylic oxidation sites excluding steroid dienone is 2. The largest absolute Gasteiger partial charge is 0.0668 e. The molecule has 0 bridgehead atoms. The average molecular weight is 258 g/mol. The highest BCUT2D eigenvalue weighted by Gasteiger charge is 2.51. The third-order valence-electron chi connectivity index (χ3n) is 7.69. The molecule has 0 aromatic heterocycles. The van der Waals surface area contributed by atoms with Crippen molar-refractivity contribution in [3.63, 3.8) is 0 Å². The van der Waals surface area contributed by atoms with Crippen LogP contribution in [0.2, 0.25) is 0 Å². The summed E-state index contributed by atoms with van der Waals surface area (Å²) in [5.74, 6) is 2.04. The van der Waals surface area contributed by atoms with Crippen molar-refractivity contribution in [2.75, 3.05) is 0 Å². The first-order chi connectivity index (χ1) is 9.13. The van der Waals surface area contributed by atoms with Gasteiger partial charge < -0.3 is 0 Å². The van der Waals surface area contributed by atoms with Gasteiger partial charge >= 0.3 is 0 Å². The quantitative estimate of drug-likeness (QED) is 0.476. The van der Waals surface area contributed by atoms with Crippen LogP contribution >= 0.6 is 0 Å². The first kappa shape index (κ1) is 12.5. The number of hydrogen-bond acceptors (Lipinski definition) is 0. The van der Waals surface area contributed by atoms with Crippen LogP contribution in [0.3, 0.4) is 0 Å². The van der Waals surface area contributed by atoms with Gasteiger partial charge in [-0.1, -0.05) is 37.8 Å². The summed E-state index contributed by atoms with van der Waals surface area (Å²) >= 11 is 0. The molecule has 0 amide bonds. The van der Waals surface area contributed by atoms with E-state index in [-0.39, 0.29) is 0 Å². The highest BCUT2D eigenvalue weighted by Crippen LogP contribution is 2.63. The van der Waals surface area contributed by atoms with Gasteiger partial charge in [0.05, 0.1) is 0 Å². The summed E-state index contributed by atoms with van der Waals surface area (Å²) in [6.45, 7) is 5.24. The molecule has 0 saturated heterocycles. The molecular weight excluding hydrogens is 228 g/mol. The van der Waals surface area contributed by atoms with E-state index in [4.69, 9.17) is 0 Å². The zero-order chi connectivity index (χ0) is 13.1. The van der Waals surface area contributed by atoms with Gasteiger partial charge in [0.2, 0.25) is 0 Å². The topological polar surface area (TPSA) is 0 Å². The van der Waals surface area contributed by atoms with Gasteiger partial charge in [0.1, 0.15) is 0 Å². The lowest BCUT2D eigenvalue weighted by molar-refractivity contribution is 0.0154. The predicted molar refractivity (Wildman–Crippen MR) is 81.0 cm³/mol. The fourth-order valence-electron chi connectivity index (χ4n) is 6.53. The minimum atomic E-state index is 0.629. The molecule has 0 nitrogen and oxygen atoms in total. The van der Waals surface area contributed by atoms with Crippen molar-refractivity contribution in [1.29, 1.82) is 0 Å². The van der Waals surface area contributed by atoms with Crippen LogP contribution in [-0.2, 0) is 0 Å². The monoisotopic (exact) mass is 258 g/mol. The molecular formula is C19H30. The third kappa shape index (κ3) is 1.64. The second-order valence-corrected chi connectivity index (χ2v) is 8.50. The van der Waals surface area contributed by atoms with Crippen molar-refractivity contribution in [3.8, 4) is 0 Å². The van der Waals surface area contributed by atoms with Gasteiger partial charge in [0.15, 0.2) is 0 Å². The van der Waals surface area contributed by atoms with E-state index in [1.807, 2.05) is 11.1 Å². The van der Waals surface area contributed by atoms with E-state index >= 15 is 0 Å². The molecule has 4 rings (SSSR count). The van der Waals surface area contributed by atoms with Crippen molar-refractivity contribution in [2.24, 2.45) is 22.7 Å². The Morgan fingerprint density at radius 1 is 0.842 bits per heavy atom. The summed E-state index contributed by atoms with van der Waals surface area (Å²) in [4.78, 5) is 0. The molecule has 106 valence electrons. The fraction of sp³-hybridized carbons (Fsp3) is 0.895. The Morgan fingerprint density at radius 3 is 2.63 bits per heavy atom. The van der Waals surface area contributed by atoms with Crippen molar-refractivity contribution in [2.45, 2.75) is 84.5 Å². The highest BCUT2D eigenvalue weighted by atomic mass is 14.6. The van der Waals surface area contributed by atoms with Gasteiger partial charge in [-0.2, -0.15) is 0 Å². The zero-order valence-electron chi connectivity index (χ0n) is 12.9. The predicted octanol–water partition coefficient (Wildman–Crippen LogP) is 5.87. The van der Waals surface area contributed by atoms with Crippen LogP contribution < -0.4 is 0 Å². The molecule has 0 aliphatic heterocycles. The molecule has 0 radical (unpaired) electrons. The molecule has 0 aromatic rings. The first-order valence-electron chi connectivity index (χ1n) is 8.86. The molecule has 1 unspecified atom stereocenters. The van der Waals surface area contributed by atoms with E-state index in [2.05, 4.69) is 13.8 Å². The Balaban J connectivity index is 1.76. The Morgan fingerprint density at radius 2 is 1.74 bits per heavy atom. The lowest BCUT2D eigenvalue weighted by Gasteiger charge is -2.55. The Bertz CT molecular complexity index is 418. The van der Waals surface area contributed by atoms with Crippen LogP contribution in [0.25, 0.3) is 0 Å². The Labute approximate surface area is 119 Å². The molecule has 19 heavy (non-hydrogen) atoms. The Hall–Kier alpha value is -0.260. The molecule has 0 spiro atoms. The number of fused-ring (bicyclic) bond motifs is 4. The van der Waals surface area contributed by atoms with E-state index < -0.39 is 0 Å². The summed E-state index contributed by atoms with van der Waals surface area (Å²) in [5.41, 5.74) is 5.24. The zero-order valence-corrected chi connectivity index (χ0v) is 12.9. The van der Waals surface area contributed by atoms with E-state index in [0.717, 1.165) is 11.8 Å². The molecule has 0 heterocycles. The second-order valence-electron chi connectivity index (χ2n) is 8.50. The lowest BCUT2D eigenvalue weighted by atomic mass is 9.50. The molecule has 0 heteroatoms. The second kappa shape index (κ2) is 4.12. The molecule has 4 aliphatic rings. The average Bonchev–Trinajstić information content (AvgIpc) is 2.79. The summed E-state index contributed by atoms with van der Waals surface area (Å²) < 4.78 is 0. The van der Waals surface area contributed by atoms with E-state index in [1.54, 1.807) is 0 Å². The molecule has 4 atom stereocenters. The van der Waals surface area contributed by atoms with Crippen LogP contribution in [0.1, 0.15) is 84.5 Å². The van der Waals surface area contributed by atoms with Gasteiger partial charge in [-0.25, -0.2) is 0 Å². The molecule has 0 N–H and O–H groups in total. The minimum absolute atomic E-state index is 0.629. The number of rotatable bonds is 0. The molecule has 3 fully saturated rings. The molecule has 3 saturated carbocycles. The van der Waals surface area contributed by atoms with Crippen molar-refractivity contribution >= 4 is 0 Å². The van der Waals surface area contributed by atoms with Crippen molar-refractivity contribution < 1.29 is 0 Å². The van der Waals surface area contributed by atoms with Gasteiger partial charge in [0.25, 0.3) is 0 Å². The van der Waals surface area contributed by atoms with E-state index in [0.29, 0.717) is 10.8 Å². The minimum Gasteiger partial charge on any atom is -0.0668 e. The van der Waals surface area contributed by atoms with E-state index in [9.17, 15) is 0 Å². The van der Waals surface area contributed by atoms with Crippen LogP contribution in [0.4, 0.5) is 0 Å². The normalized spacial score (nSPS) is 49.6. The van der Waals surface area contributed by atoms with Gasteiger partial charge in [0, 0.05) is 0 Å². The first-order valence-corrected chi connectivity index (χ1v) is 8.86. The van der Waals surface area contributed by atoms with Crippen molar-refractivity contribution in [3.05, 3.63) is 11.1 Å². The summed E-state index contributed by atoms with van der Waals surface area (Å²) in [5, 5.41) is 0. The van der Waals surface area contributed by atoms with Gasteiger partial charge in [-0.15, -0.1) is 0 Å². The van der Waals surface area contributed by atoms with Crippen LogP contribution in [-0.4, -0.2) is 0 Å².